The lowest BCUT2D eigenvalue weighted by Crippen LogP contribution is -2.38. The Hall–Kier alpha value is 0.160. The second-order valence-corrected chi connectivity index (χ2v) is 17.2. The lowest BCUT2D eigenvalue weighted by molar-refractivity contribution is -0.133. The van der Waals surface area contributed by atoms with Crippen molar-refractivity contribution in [1.29, 1.82) is 0 Å². The van der Waals surface area contributed by atoms with E-state index in [0.717, 1.165) is 24.3 Å². The number of aliphatic hydroxyl groups excluding tert-OH is 1. The molecule has 19 heteroatoms. The van der Waals surface area contributed by atoms with Crippen LogP contribution in [-0.2, 0) is 44.1 Å². The van der Waals surface area contributed by atoms with Gasteiger partial charge < -0.3 is 45.2 Å². The highest BCUT2D eigenvalue weighted by atomic mass is 33.1. The van der Waals surface area contributed by atoms with E-state index in [-0.39, 0.29) is 57.4 Å². The van der Waals surface area contributed by atoms with Crippen LogP contribution < -0.4 is 11.5 Å². The number of hydrogen-bond acceptors (Lipinski definition) is 13. The third-order valence-electron chi connectivity index (χ3n) is 6.78. The topological polar surface area (TPSA) is 207 Å². The fraction of sp³-hybridized carbons (Fsp3) is 0.913. The maximum Gasteiger partial charge on any atom is 0.472 e. The van der Waals surface area contributed by atoms with Gasteiger partial charge in [0, 0.05) is 51.1 Å². The molecule has 0 radical (unpaired) electrons. The van der Waals surface area contributed by atoms with Gasteiger partial charge in [0.25, 0.3) is 0 Å². The van der Waals surface area contributed by atoms with Crippen molar-refractivity contribution in [3.8, 4) is 0 Å². The Balaban J connectivity index is 1.92. The fourth-order valence-electron chi connectivity index (χ4n) is 4.73. The van der Waals surface area contributed by atoms with Crippen molar-refractivity contribution in [2.75, 3.05) is 58.0 Å². The van der Waals surface area contributed by atoms with Gasteiger partial charge >= 0.3 is 14.5 Å². The summed E-state index contributed by atoms with van der Waals surface area (Å²) < 4.78 is 33.7. The van der Waals surface area contributed by atoms with E-state index < -0.39 is 38.8 Å². The third kappa shape index (κ3) is 14.1. The van der Waals surface area contributed by atoms with Crippen molar-refractivity contribution in [2.45, 2.75) is 75.7 Å². The second kappa shape index (κ2) is 19.6. The Bertz CT molecular complexity index is 943. The Kier molecular flexibility index (Phi) is 17.9. The molecule has 0 aromatic rings. The summed E-state index contributed by atoms with van der Waals surface area (Å²) in [7, 11) is -0.0646. The first-order chi connectivity index (χ1) is 19.9. The largest absolute Gasteiger partial charge is 0.472 e. The SMILES string of the molecule is COP(O)(=S)OC[C@@H]1CC(OP(=O)(O)OC[C@@H]2C[C@@H](O)CN2C(=O)CCCSSCCN)CN1C(=O)CCCCCN. The summed E-state index contributed by atoms with van der Waals surface area (Å²) in [5.74, 6) is 1.28. The van der Waals surface area contributed by atoms with Gasteiger partial charge in [0.1, 0.15) is 0 Å². The predicted octanol–water partition coefficient (Wildman–Crippen LogP) is 1.57. The molecule has 3 unspecified atom stereocenters. The molecule has 0 saturated carbocycles. The number of aliphatic hydroxyl groups is 1. The number of phosphoric acid groups is 1. The molecule has 2 saturated heterocycles. The number of carbonyl (C=O) groups excluding carboxylic acids is 2. The van der Waals surface area contributed by atoms with E-state index in [1.54, 1.807) is 21.6 Å². The van der Waals surface area contributed by atoms with Crippen molar-refractivity contribution in [1.82, 2.24) is 9.80 Å². The van der Waals surface area contributed by atoms with Gasteiger partial charge in [0.15, 0.2) is 0 Å². The lowest BCUT2D eigenvalue weighted by atomic mass is 10.1. The van der Waals surface area contributed by atoms with E-state index >= 15 is 0 Å². The maximum absolute atomic E-state index is 12.9. The molecule has 0 aromatic carbocycles. The number of phosphoric ester groups is 1. The van der Waals surface area contributed by atoms with E-state index in [1.807, 2.05) is 0 Å². The highest BCUT2D eigenvalue weighted by molar-refractivity contribution is 8.76. The molecule has 14 nitrogen and oxygen atoms in total. The minimum atomic E-state index is -4.59. The van der Waals surface area contributed by atoms with Crippen molar-refractivity contribution < 1.29 is 47.1 Å². The van der Waals surface area contributed by atoms with Crippen LogP contribution in [0.4, 0.5) is 0 Å². The fourth-order valence-corrected chi connectivity index (χ4v) is 8.28. The highest BCUT2D eigenvalue weighted by Crippen LogP contribution is 2.48. The summed E-state index contributed by atoms with van der Waals surface area (Å²) in [6.07, 6.45) is 2.20. The number of rotatable bonds is 21. The summed E-state index contributed by atoms with van der Waals surface area (Å²) in [5, 5.41) is 10.2. The lowest BCUT2D eigenvalue weighted by Gasteiger charge is -2.26. The molecular weight excluding hydrogens is 650 g/mol. The zero-order valence-electron chi connectivity index (χ0n) is 24.0. The van der Waals surface area contributed by atoms with Gasteiger partial charge in [0.2, 0.25) is 11.8 Å². The van der Waals surface area contributed by atoms with Crippen LogP contribution in [0.1, 0.15) is 51.4 Å². The highest BCUT2D eigenvalue weighted by Gasteiger charge is 2.41. The van der Waals surface area contributed by atoms with Crippen LogP contribution >= 0.6 is 36.1 Å². The molecule has 0 aromatic heterocycles. The van der Waals surface area contributed by atoms with Crippen LogP contribution in [0.5, 0.6) is 0 Å². The molecule has 2 heterocycles. The molecule has 2 aliphatic heterocycles. The molecule has 2 aliphatic rings. The minimum absolute atomic E-state index is 0.0211. The Morgan fingerprint density at radius 1 is 0.905 bits per heavy atom. The average Bonchev–Trinajstić information content (AvgIpc) is 3.53. The summed E-state index contributed by atoms with van der Waals surface area (Å²) in [4.78, 5) is 49.2. The smallest absolute Gasteiger partial charge is 0.391 e. The van der Waals surface area contributed by atoms with Gasteiger partial charge in [-0.25, -0.2) is 4.57 Å². The molecule has 246 valence electrons. The predicted molar refractivity (Wildman–Crippen MR) is 167 cm³/mol. The van der Waals surface area contributed by atoms with Crippen molar-refractivity contribution >= 4 is 59.8 Å². The number of carbonyl (C=O) groups is 2. The van der Waals surface area contributed by atoms with Crippen LogP contribution in [0.15, 0.2) is 0 Å². The molecule has 42 heavy (non-hydrogen) atoms. The zero-order chi connectivity index (χ0) is 31.2. The number of nitrogens with zero attached hydrogens (tertiary/aromatic N) is 2. The first kappa shape index (κ1) is 38.3. The van der Waals surface area contributed by atoms with Crippen LogP contribution in [0.25, 0.3) is 0 Å². The molecule has 2 fully saturated rings. The molecular formula is C23H46N4O10P2S3. The normalized spacial score (nSPS) is 25.5. The van der Waals surface area contributed by atoms with E-state index in [9.17, 15) is 29.0 Å². The van der Waals surface area contributed by atoms with Crippen LogP contribution in [-0.4, -0.2) is 119 Å². The van der Waals surface area contributed by atoms with Gasteiger partial charge in [-0.1, -0.05) is 28.0 Å². The first-order valence-electron chi connectivity index (χ1n) is 14.0. The first-order valence-corrected chi connectivity index (χ1v) is 20.6. The molecule has 0 aliphatic carbocycles. The van der Waals surface area contributed by atoms with Crippen molar-refractivity contribution in [2.24, 2.45) is 11.5 Å². The van der Waals surface area contributed by atoms with Crippen molar-refractivity contribution in [3.05, 3.63) is 0 Å². The Morgan fingerprint density at radius 3 is 2.19 bits per heavy atom. The molecule has 2 amide bonds. The molecule has 7 N–H and O–H groups in total. The average molecular weight is 697 g/mol. The van der Waals surface area contributed by atoms with Crippen LogP contribution in [0, 0.1) is 0 Å². The van der Waals surface area contributed by atoms with E-state index in [2.05, 4.69) is 0 Å². The Labute approximate surface area is 261 Å². The van der Waals surface area contributed by atoms with E-state index in [0.29, 0.717) is 32.4 Å². The zero-order valence-corrected chi connectivity index (χ0v) is 28.2. The third-order valence-corrected chi connectivity index (χ3v) is 12.0. The number of amides is 2. The minimum Gasteiger partial charge on any atom is -0.391 e. The van der Waals surface area contributed by atoms with Gasteiger partial charge in [-0.3, -0.25) is 18.6 Å². The number of β-amino-alcohol motifs (C(OH)–C–C–N with tert-alkyl or cyclic N) is 1. The summed E-state index contributed by atoms with van der Waals surface area (Å²) in [6, 6.07) is -1.14. The number of hydrogen-bond donors (Lipinski definition) is 5. The van der Waals surface area contributed by atoms with E-state index in [1.165, 1.54) is 16.9 Å². The van der Waals surface area contributed by atoms with Crippen LogP contribution in [0.3, 0.4) is 0 Å². The maximum atomic E-state index is 12.9. The van der Waals surface area contributed by atoms with E-state index in [4.69, 9.17) is 41.4 Å². The summed E-state index contributed by atoms with van der Waals surface area (Å²) >= 11 is 4.89. The number of nitrogens with two attached hydrogens (primary N) is 2. The molecule has 0 spiro atoms. The van der Waals surface area contributed by atoms with Gasteiger partial charge in [-0.15, -0.1) is 0 Å². The standard InChI is InChI=1S/C23H46N4O10P2S3/c1-34-39(33,40)36-17-19-13-21(15-27(19)22(29)6-3-2-4-8-24)37-38(31,32)35-16-18-12-20(28)14-26(18)23(30)7-5-10-41-42-11-9-25/h18-21,28H,2-17,24-25H2,1H3,(H,31,32)(H,33,40)/t18-,19-,20+,21?,39?/m0/s1. The molecule has 0 bridgehead atoms. The summed E-state index contributed by atoms with van der Waals surface area (Å²) in [5.41, 5.74) is 11.0. The van der Waals surface area contributed by atoms with Gasteiger partial charge in [0.05, 0.1) is 37.5 Å². The number of unbranched alkanes of at least 4 members (excludes halogenated alkanes) is 2. The van der Waals surface area contributed by atoms with Crippen molar-refractivity contribution in [3.63, 3.8) is 0 Å². The second-order valence-electron chi connectivity index (χ2n) is 10.1. The van der Waals surface area contributed by atoms with Gasteiger partial charge in [-0.05, 0) is 50.5 Å². The quantitative estimate of drug-likeness (QED) is 0.0656. The Morgan fingerprint density at radius 2 is 1.52 bits per heavy atom. The molecule has 6 atom stereocenters. The summed E-state index contributed by atoms with van der Waals surface area (Å²) in [6.45, 7) is -2.62. The number of likely N-dealkylation sites (tertiary alicyclic amines) is 2. The van der Waals surface area contributed by atoms with Crippen LogP contribution in [0.2, 0.25) is 0 Å². The van der Waals surface area contributed by atoms with Gasteiger partial charge in [-0.2, -0.15) is 0 Å². The molecule has 2 rings (SSSR count). The monoisotopic (exact) mass is 696 g/mol.